The summed E-state index contributed by atoms with van der Waals surface area (Å²) in [4.78, 5) is 17.3. The predicted molar refractivity (Wildman–Crippen MR) is 100 cm³/mol. The van der Waals surface area contributed by atoms with Crippen LogP contribution >= 0.6 is 27.3 Å². The van der Waals surface area contributed by atoms with Gasteiger partial charge in [0.1, 0.15) is 4.88 Å². The van der Waals surface area contributed by atoms with Crippen LogP contribution in [0, 0.1) is 0 Å². The minimum Gasteiger partial charge on any atom is -0.320 e. The molecule has 1 amide bonds. The Morgan fingerprint density at radius 2 is 2.20 bits per heavy atom. The number of anilines is 3. The van der Waals surface area contributed by atoms with E-state index >= 15 is 0 Å². The summed E-state index contributed by atoms with van der Waals surface area (Å²) in [6.45, 7) is 0. The summed E-state index contributed by atoms with van der Waals surface area (Å²) in [5, 5.41) is 18.5. The first kappa shape index (κ1) is 15.8. The quantitative estimate of drug-likeness (QED) is 0.471. The van der Waals surface area contributed by atoms with E-state index in [0.717, 1.165) is 15.4 Å². The van der Waals surface area contributed by atoms with Crippen molar-refractivity contribution in [1.29, 1.82) is 0 Å². The Balaban J connectivity index is 1.55. The number of rotatable bonds is 4. The molecule has 126 valence electrons. The van der Waals surface area contributed by atoms with Crippen molar-refractivity contribution < 1.29 is 4.79 Å². The summed E-state index contributed by atoms with van der Waals surface area (Å²) < 4.78 is 2.47. The van der Waals surface area contributed by atoms with Crippen molar-refractivity contribution in [2.45, 2.75) is 0 Å². The first-order valence-corrected chi connectivity index (χ1v) is 8.86. The Morgan fingerprint density at radius 3 is 3.00 bits per heavy atom. The molecular weight excluding hydrogens is 406 g/mol. The lowest BCUT2D eigenvalue weighted by atomic mass is 10.2. The normalized spacial score (nSPS) is 11.0. The Bertz CT molecular complexity index is 1070. The van der Waals surface area contributed by atoms with Crippen molar-refractivity contribution in [1.82, 2.24) is 25.0 Å². The lowest BCUT2D eigenvalue weighted by Crippen LogP contribution is -2.10. The van der Waals surface area contributed by atoms with E-state index in [2.05, 4.69) is 46.8 Å². The van der Waals surface area contributed by atoms with Gasteiger partial charge in [0.2, 0.25) is 0 Å². The standard InChI is InChI=1S/C15H12BrN7OS/c1-23-5-4-12(22-23)19-15-17-7-11(25-15)14(24)20-13-8-6-18-21-10(8)3-2-9(13)16/h2-7H,1H3,(H,18,21)(H,20,24)(H,17,19,22). The van der Waals surface area contributed by atoms with Crippen LogP contribution < -0.4 is 10.6 Å². The summed E-state index contributed by atoms with van der Waals surface area (Å²) in [5.74, 6) is 0.440. The molecule has 0 bridgehead atoms. The van der Waals surface area contributed by atoms with Crippen molar-refractivity contribution in [2.24, 2.45) is 7.05 Å². The molecule has 0 saturated carbocycles. The van der Waals surface area contributed by atoms with E-state index in [9.17, 15) is 4.79 Å². The number of nitrogens with zero attached hydrogens (tertiary/aromatic N) is 4. The molecule has 0 atom stereocenters. The third-order valence-corrected chi connectivity index (χ3v) is 5.06. The van der Waals surface area contributed by atoms with Crippen LogP contribution in [-0.2, 0) is 7.05 Å². The molecule has 0 saturated heterocycles. The van der Waals surface area contributed by atoms with Gasteiger partial charge in [-0.05, 0) is 28.1 Å². The smallest absolute Gasteiger partial charge is 0.267 e. The van der Waals surface area contributed by atoms with Gasteiger partial charge in [-0.3, -0.25) is 14.6 Å². The Hall–Kier alpha value is -2.72. The zero-order valence-corrected chi connectivity index (χ0v) is 15.3. The van der Waals surface area contributed by atoms with Crippen LogP contribution in [0.4, 0.5) is 16.6 Å². The van der Waals surface area contributed by atoms with E-state index in [1.165, 1.54) is 17.5 Å². The molecule has 3 N–H and O–H groups in total. The van der Waals surface area contributed by atoms with Crippen LogP contribution in [-0.4, -0.2) is 30.9 Å². The third-order valence-electron chi connectivity index (χ3n) is 3.49. The summed E-state index contributed by atoms with van der Waals surface area (Å²) in [6, 6.07) is 5.58. The Kier molecular flexibility index (Phi) is 3.98. The number of hydrogen-bond acceptors (Lipinski definition) is 6. The average Bonchev–Trinajstić information content (AvgIpc) is 3.31. The van der Waals surface area contributed by atoms with E-state index in [1.807, 2.05) is 31.4 Å². The highest BCUT2D eigenvalue weighted by Crippen LogP contribution is 2.31. The van der Waals surface area contributed by atoms with Gasteiger partial charge < -0.3 is 10.6 Å². The number of thiazole rings is 1. The first-order valence-electron chi connectivity index (χ1n) is 7.25. The van der Waals surface area contributed by atoms with Crippen molar-refractivity contribution in [2.75, 3.05) is 10.6 Å². The maximum atomic E-state index is 12.6. The second-order valence-corrected chi connectivity index (χ2v) is 7.12. The van der Waals surface area contributed by atoms with Crippen molar-refractivity contribution in [3.05, 3.63) is 46.1 Å². The fourth-order valence-electron chi connectivity index (χ4n) is 2.32. The van der Waals surface area contributed by atoms with E-state index in [0.29, 0.717) is 21.5 Å². The summed E-state index contributed by atoms with van der Waals surface area (Å²) >= 11 is 4.72. The summed E-state index contributed by atoms with van der Waals surface area (Å²) in [6.07, 6.45) is 5.04. The number of aryl methyl sites for hydroxylation is 1. The zero-order valence-electron chi connectivity index (χ0n) is 12.9. The van der Waals surface area contributed by atoms with Crippen molar-refractivity contribution >= 4 is 60.7 Å². The van der Waals surface area contributed by atoms with Gasteiger partial charge in [-0.1, -0.05) is 11.3 Å². The predicted octanol–water partition coefficient (Wildman–Crippen LogP) is 3.51. The van der Waals surface area contributed by atoms with Crippen LogP contribution in [0.3, 0.4) is 0 Å². The third kappa shape index (κ3) is 3.13. The van der Waals surface area contributed by atoms with Crippen LogP contribution in [0.15, 0.2) is 41.3 Å². The van der Waals surface area contributed by atoms with Crippen molar-refractivity contribution in [3.63, 3.8) is 0 Å². The van der Waals surface area contributed by atoms with E-state index in [-0.39, 0.29) is 5.91 Å². The highest BCUT2D eigenvalue weighted by molar-refractivity contribution is 9.10. The van der Waals surface area contributed by atoms with E-state index < -0.39 is 0 Å². The number of carbonyl (C=O) groups excluding carboxylic acids is 1. The largest absolute Gasteiger partial charge is 0.320 e. The van der Waals surface area contributed by atoms with Crippen LogP contribution in [0.2, 0.25) is 0 Å². The number of H-pyrrole nitrogens is 1. The topological polar surface area (TPSA) is 101 Å². The molecule has 0 aliphatic rings. The molecule has 1 aromatic carbocycles. The van der Waals surface area contributed by atoms with Gasteiger partial charge in [0.05, 0.1) is 23.6 Å². The van der Waals surface area contributed by atoms with Gasteiger partial charge in [-0.15, -0.1) is 0 Å². The second-order valence-electron chi connectivity index (χ2n) is 5.24. The van der Waals surface area contributed by atoms with Crippen LogP contribution in [0.25, 0.3) is 10.9 Å². The lowest BCUT2D eigenvalue weighted by Gasteiger charge is -2.07. The molecule has 0 aliphatic carbocycles. The number of hydrogen-bond donors (Lipinski definition) is 3. The number of nitrogens with one attached hydrogen (secondary N) is 3. The summed E-state index contributed by atoms with van der Waals surface area (Å²) in [5.41, 5.74) is 1.52. The lowest BCUT2D eigenvalue weighted by molar-refractivity contribution is 0.103. The molecule has 0 fully saturated rings. The second kappa shape index (κ2) is 6.30. The van der Waals surface area contributed by atoms with Crippen LogP contribution in [0.5, 0.6) is 0 Å². The number of halogens is 1. The zero-order chi connectivity index (χ0) is 17.4. The molecular formula is C15H12BrN7OS. The fourth-order valence-corrected chi connectivity index (χ4v) is 3.48. The van der Waals surface area contributed by atoms with Crippen molar-refractivity contribution in [3.8, 4) is 0 Å². The summed E-state index contributed by atoms with van der Waals surface area (Å²) in [7, 11) is 1.83. The van der Waals surface area contributed by atoms with E-state index in [1.54, 1.807) is 10.9 Å². The minimum atomic E-state index is -0.235. The Labute approximate surface area is 154 Å². The number of carbonyl (C=O) groups is 1. The van der Waals surface area contributed by atoms with E-state index in [4.69, 9.17) is 0 Å². The molecule has 0 aliphatic heterocycles. The molecule has 3 aromatic heterocycles. The number of benzene rings is 1. The first-order chi connectivity index (χ1) is 12.1. The number of amides is 1. The SMILES string of the molecule is Cn1ccc(Nc2ncc(C(=O)Nc3c(Br)ccc4[nH]ncc34)s2)n1. The highest BCUT2D eigenvalue weighted by Gasteiger charge is 2.15. The van der Waals surface area contributed by atoms with Gasteiger partial charge in [0.15, 0.2) is 10.9 Å². The fraction of sp³-hybridized carbons (Fsp3) is 0.0667. The van der Waals surface area contributed by atoms with Gasteiger partial charge in [0.25, 0.3) is 5.91 Å². The minimum absolute atomic E-state index is 0.235. The number of aromatic amines is 1. The average molecular weight is 418 g/mol. The molecule has 10 heteroatoms. The molecule has 0 spiro atoms. The van der Waals surface area contributed by atoms with Crippen LogP contribution in [0.1, 0.15) is 9.67 Å². The monoisotopic (exact) mass is 417 g/mol. The molecule has 0 unspecified atom stereocenters. The highest BCUT2D eigenvalue weighted by atomic mass is 79.9. The van der Waals surface area contributed by atoms with Gasteiger partial charge in [-0.25, -0.2) is 4.98 Å². The van der Waals surface area contributed by atoms with Gasteiger partial charge >= 0.3 is 0 Å². The molecule has 8 nitrogen and oxygen atoms in total. The molecule has 4 aromatic rings. The molecule has 3 heterocycles. The maximum absolute atomic E-state index is 12.6. The number of fused-ring (bicyclic) bond motifs is 1. The van der Waals surface area contributed by atoms with Gasteiger partial charge in [-0.2, -0.15) is 10.2 Å². The van der Waals surface area contributed by atoms with Gasteiger partial charge in [0, 0.05) is 29.2 Å². The maximum Gasteiger partial charge on any atom is 0.267 e. The molecule has 4 rings (SSSR count). The number of aromatic nitrogens is 5. The molecule has 0 radical (unpaired) electrons. The molecule has 25 heavy (non-hydrogen) atoms. The Morgan fingerprint density at radius 1 is 1.32 bits per heavy atom.